The number of urea groups is 1. The fourth-order valence-electron chi connectivity index (χ4n) is 4.71. The van der Waals surface area contributed by atoms with Crippen LogP contribution in [-0.2, 0) is 23.3 Å². The third-order valence-corrected chi connectivity index (χ3v) is 6.82. The summed E-state index contributed by atoms with van der Waals surface area (Å²) >= 11 is 0. The molecule has 0 bridgehead atoms. The first-order valence-corrected chi connectivity index (χ1v) is 11.5. The molecule has 3 amide bonds. The van der Waals surface area contributed by atoms with Gasteiger partial charge >= 0.3 is 6.03 Å². The maximum absolute atomic E-state index is 13.2. The van der Waals surface area contributed by atoms with Crippen LogP contribution < -0.4 is 15.4 Å². The Labute approximate surface area is 198 Å². The summed E-state index contributed by atoms with van der Waals surface area (Å²) in [6.07, 6.45) is 1.17. The van der Waals surface area contributed by atoms with Gasteiger partial charge in [0, 0.05) is 17.5 Å². The molecule has 0 unspecified atom stereocenters. The molecule has 8 heteroatoms. The van der Waals surface area contributed by atoms with Crippen molar-refractivity contribution in [1.82, 2.24) is 20.4 Å². The highest BCUT2D eigenvalue weighted by Crippen LogP contribution is 2.43. The summed E-state index contributed by atoms with van der Waals surface area (Å²) in [5.41, 5.74) is 3.26. The van der Waals surface area contributed by atoms with Crippen molar-refractivity contribution in [3.05, 3.63) is 77.0 Å². The largest absolute Gasteiger partial charge is 0.497 e. The Morgan fingerprint density at radius 3 is 2.59 bits per heavy atom. The zero-order valence-electron chi connectivity index (χ0n) is 19.6. The van der Waals surface area contributed by atoms with E-state index in [1.807, 2.05) is 56.3 Å². The summed E-state index contributed by atoms with van der Waals surface area (Å²) in [6.45, 7) is 4.35. The molecule has 176 valence electrons. The number of carbonyl (C=O) groups is 2. The molecule has 1 fully saturated rings. The molecule has 1 saturated carbocycles. The summed E-state index contributed by atoms with van der Waals surface area (Å²) in [7, 11) is 1.61. The summed E-state index contributed by atoms with van der Waals surface area (Å²) in [5, 5.41) is 13.5. The predicted octanol–water partition coefficient (Wildman–Crippen LogP) is 3.92. The summed E-state index contributed by atoms with van der Waals surface area (Å²) < 4.78 is 5.16. The predicted molar refractivity (Wildman–Crippen MR) is 129 cm³/mol. The van der Waals surface area contributed by atoms with Gasteiger partial charge in [0.2, 0.25) is 5.91 Å². The number of anilines is 1. The smallest absolute Gasteiger partial charge is 0.318 e. The van der Waals surface area contributed by atoms with E-state index in [9.17, 15) is 9.59 Å². The van der Waals surface area contributed by atoms with E-state index in [4.69, 9.17) is 4.74 Å². The number of fused-ring (bicyclic) bond motifs is 1. The Hall–Kier alpha value is -3.81. The first-order chi connectivity index (χ1) is 16.4. The van der Waals surface area contributed by atoms with Gasteiger partial charge in [-0.15, -0.1) is 0 Å². The Balaban J connectivity index is 1.23. The minimum absolute atomic E-state index is 0.103. The molecule has 1 aromatic heterocycles. The van der Waals surface area contributed by atoms with Gasteiger partial charge < -0.3 is 20.3 Å². The second kappa shape index (κ2) is 8.52. The number of rotatable bonds is 6. The van der Waals surface area contributed by atoms with Crippen molar-refractivity contribution in [2.75, 3.05) is 12.4 Å². The number of ether oxygens (including phenoxy) is 1. The van der Waals surface area contributed by atoms with E-state index in [1.165, 1.54) is 5.56 Å². The van der Waals surface area contributed by atoms with Crippen molar-refractivity contribution in [3.8, 4) is 5.75 Å². The van der Waals surface area contributed by atoms with Crippen LogP contribution in [0.1, 0.15) is 48.6 Å². The third-order valence-electron chi connectivity index (χ3n) is 6.82. The lowest BCUT2D eigenvalue weighted by molar-refractivity contribution is -0.115. The van der Waals surface area contributed by atoms with Crippen LogP contribution in [-0.4, -0.2) is 40.2 Å². The zero-order valence-corrected chi connectivity index (χ0v) is 19.6. The van der Waals surface area contributed by atoms with Crippen molar-refractivity contribution in [3.63, 3.8) is 0 Å². The van der Waals surface area contributed by atoms with Crippen LogP contribution in [0.3, 0.4) is 0 Å². The lowest BCUT2D eigenvalue weighted by Crippen LogP contribution is -2.47. The maximum atomic E-state index is 13.2. The number of amides is 3. The lowest BCUT2D eigenvalue weighted by atomic mass is 10.0. The van der Waals surface area contributed by atoms with E-state index in [0.717, 1.165) is 29.0 Å². The molecule has 2 aliphatic rings. The molecule has 34 heavy (non-hydrogen) atoms. The molecule has 0 saturated heterocycles. The van der Waals surface area contributed by atoms with Gasteiger partial charge in [-0.1, -0.05) is 42.5 Å². The van der Waals surface area contributed by atoms with E-state index in [2.05, 4.69) is 33.0 Å². The Morgan fingerprint density at radius 2 is 1.88 bits per heavy atom. The van der Waals surface area contributed by atoms with Crippen LogP contribution in [0.4, 0.5) is 10.6 Å². The summed E-state index contributed by atoms with van der Waals surface area (Å²) in [5.74, 6) is 1.42. The van der Waals surface area contributed by atoms with Crippen LogP contribution in [0.15, 0.2) is 54.6 Å². The average molecular weight is 460 g/mol. The number of methoxy groups -OCH3 is 1. The standard InChI is InChI=1S/C26H29N5O3/c1-26(2)23-20(15-31(26)25(33)27-21-14-19(21)17-7-5-4-6-8-17)24(30-29-23)28-22(32)13-16-9-11-18(34-3)12-10-16/h4-12,19,21H,13-15H2,1-3H3,(H,27,33)(H2,28,29,30,32)/t19-,21+/m0/s1. The second-order valence-corrected chi connectivity index (χ2v) is 9.45. The molecule has 0 spiro atoms. The van der Waals surface area contributed by atoms with Crippen molar-refractivity contribution in [2.45, 2.75) is 50.7 Å². The highest BCUT2D eigenvalue weighted by Gasteiger charge is 2.46. The molecule has 3 aromatic rings. The first-order valence-electron chi connectivity index (χ1n) is 11.5. The Bertz CT molecular complexity index is 1200. The number of benzene rings is 2. The van der Waals surface area contributed by atoms with Crippen molar-refractivity contribution >= 4 is 17.8 Å². The number of nitrogens with one attached hydrogen (secondary N) is 3. The summed E-state index contributed by atoms with van der Waals surface area (Å²) in [6, 6.07) is 17.7. The zero-order chi connectivity index (χ0) is 23.9. The number of carbonyl (C=O) groups excluding carboxylic acids is 2. The van der Waals surface area contributed by atoms with Crippen molar-refractivity contribution in [2.24, 2.45) is 0 Å². The van der Waals surface area contributed by atoms with Gasteiger partial charge in [0.05, 0.1) is 31.3 Å². The van der Waals surface area contributed by atoms with Gasteiger partial charge in [0.15, 0.2) is 5.82 Å². The van der Waals surface area contributed by atoms with E-state index < -0.39 is 5.54 Å². The molecule has 0 radical (unpaired) electrons. The van der Waals surface area contributed by atoms with Gasteiger partial charge in [-0.2, -0.15) is 5.10 Å². The van der Waals surface area contributed by atoms with E-state index in [1.54, 1.807) is 12.0 Å². The molecule has 8 nitrogen and oxygen atoms in total. The lowest BCUT2D eigenvalue weighted by Gasteiger charge is -2.32. The molecule has 2 aromatic carbocycles. The number of hydrogen-bond acceptors (Lipinski definition) is 4. The minimum atomic E-state index is -0.567. The highest BCUT2D eigenvalue weighted by molar-refractivity contribution is 5.92. The third kappa shape index (κ3) is 4.11. The van der Waals surface area contributed by atoms with Gasteiger partial charge in [-0.05, 0) is 43.5 Å². The Morgan fingerprint density at radius 1 is 1.15 bits per heavy atom. The molecule has 1 aliphatic heterocycles. The number of H-pyrrole nitrogens is 1. The number of aromatic nitrogens is 2. The summed E-state index contributed by atoms with van der Waals surface area (Å²) in [4.78, 5) is 27.6. The molecular weight excluding hydrogens is 430 g/mol. The van der Waals surface area contributed by atoms with E-state index >= 15 is 0 Å². The van der Waals surface area contributed by atoms with Gasteiger partial charge in [0.25, 0.3) is 0 Å². The van der Waals surface area contributed by atoms with E-state index in [0.29, 0.717) is 18.3 Å². The molecule has 2 atom stereocenters. The minimum Gasteiger partial charge on any atom is -0.497 e. The SMILES string of the molecule is COc1ccc(CC(=O)Nc2n[nH]c3c2CN(C(=O)N[C@@H]2C[C@H]2c2ccccc2)C3(C)C)cc1. The monoisotopic (exact) mass is 459 g/mol. The second-order valence-electron chi connectivity index (χ2n) is 9.45. The number of nitrogens with zero attached hydrogens (tertiary/aromatic N) is 2. The van der Waals surface area contributed by atoms with Gasteiger partial charge in [-0.3, -0.25) is 9.89 Å². The molecular formula is C26H29N5O3. The topological polar surface area (TPSA) is 99.3 Å². The molecule has 5 rings (SSSR count). The van der Waals surface area contributed by atoms with Crippen LogP contribution in [0.25, 0.3) is 0 Å². The number of hydrogen-bond donors (Lipinski definition) is 3. The normalized spacial score (nSPS) is 19.9. The fraction of sp³-hybridized carbons (Fsp3) is 0.346. The quantitative estimate of drug-likeness (QED) is 0.520. The molecule has 2 heterocycles. The van der Waals surface area contributed by atoms with Gasteiger partial charge in [0.1, 0.15) is 5.75 Å². The first kappa shape index (κ1) is 22.0. The maximum Gasteiger partial charge on any atom is 0.318 e. The van der Waals surface area contributed by atoms with Crippen molar-refractivity contribution in [1.29, 1.82) is 0 Å². The van der Waals surface area contributed by atoms with E-state index in [-0.39, 0.29) is 24.4 Å². The average Bonchev–Trinajstić information content (AvgIpc) is 3.39. The fourth-order valence-corrected chi connectivity index (χ4v) is 4.71. The number of aromatic amines is 1. The molecule has 3 N–H and O–H groups in total. The van der Waals surface area contributed by atoms with Crippen LogP contribution in [0, 0.1) is 0 Å². The Kier molecular flexibility index (Phi) is 5.51. The van der Waals surface area contributed by atoms with Crippen LogP contribution in [0.5, 0.6) is 5.75 Å². The highest BCUT2D eigenvalue weighted by atomic mass is 16.5. The van der Waals surface area contributed by atoms with Crippen molar-refractivity contribution < 1.29 is 14.3 Å². The van der Waals surface area contributed by atoms with Crippen LogP contribution in [0.2, 0.25) is 0 Å². The van der Waals surface area contributed by atoms with Crippen LogP contribution >= 0.6 is 0 Å². The van der Waals surface area contributed by atoms with Gasteiger partial charge in [-0.25, -0.2) is 4.79 Å². The molecule has 1 aliphatic carbocycles.